The maximum atomic E-state index is 12.6. The van der Waals surface area contributed by atoms with Crippen molar-refractivity contribution in [2.45, 2.75) is 25.6 Å². The van der Waals surface area contributed by atoms with Crippen molar-refractivity contribution in [2.24, 2.45) is 0 Å². The van der Waals surface area contributed by atoms with E-state index in [0.29, 0.717) is 21.7 Å². The van der Waals surface area contributed by atoms with Crippen LogP contribution in [0.25, 0.3) is 0 Å². The van der Waals surface area contributed by atoms with Crippen molar-refractivity contribution in [3.05, 3.63) is 96.5 Å². The van der Waals surface area contributed by atoms with Crippen LogP contribution in [0.1, 0.15) is 40.1 Å². The minimum absolute atomic E-state index is 0.125. The first-order valence-corrected chi connectivity index (χ1v) is 11.9. The average Bonchev–Trinajstić information content (AvgIpc) is 2.84. The molecule has 0 saturated carbocycles. The topological polar surface area (TPSA) is 119 Å². The van der Waals surface area contributed by atoms with Crippen LogP contribution in [0.3, 0.4) is 0 Å². The highest BCUT2D eigenvalue weighted by Gasteiger charge is 2.31. The Morgan fingerprint density at radius 3 is 2.10 bits per heavy atom. The SMILES string of the molecule is C#CC(C)(C)NC(=O)c1cc(Cl)cc(Cl)c1.O=C(O)c1cc(Oc2ccc(C(F)(F)F)cc2Cl)ccc1[N+](=O)[O-]. The number of carboxylic acid groups (broad SMARTS) is 1. The van der Waals surface area contributed by atoms with Crippen molar-refractivity contribution in [2.75, 3.05) is 0 Å². The summed E-state index contributed by atoms with van der Waals surface area (Å²) in [5.41, 5.74) is -2.56. The van der Waals surface area contributed by atoms with Gasteiger partial charge in [-0.3, -0.25) is 14.9 Å². The molecule has 0 spiro atoms. The van der Waals surface area contributed by atoms with E-state index in [1.54, 1.807) is 19.9 Å². The molecular weight excluding hydrogens is 600 g/mol. The van der Waals surface area contributed by atoms with Crippen LogP contribution in [0.2, 0.25) is 15.1 Å². The van der Waals surface area contributed by atoms with E-state index in [9.17, 15) is 32.9 Å². The lowest BCUT2D eigenvalue weighted by molar-refractivity contribution is -0.385. The summed E-state index contributed by atoms with van der Waals surface area (Å²) >= 11 is 17.3. The lowest BCUT2D eigenvalue weighted by atomic mass is 10.1. The fourth-order valence-electron chi connectivity index (χ4n) is 2.87. The Hall–Kier alpha value is -3.98. The second-order valence-electron chi connectivity index (χ2n) is 8.37. The largest absolute Gasteiger partial charge is 0.477 e. The summed E-state index contributed by atoms with van der Waals surface area (Å²) in [5.74, 6) is 0.341. The minimum Gasteiger partial charge on any atom is -0.477 e. The third-order valence-corrected chi connectivity index (χ3v) is 5.53. The van der Waals surface area contributed by atoms with Gasteiger partial charge in [-0.05, 0) is 56.3 Å². The summed E-state index contributed by atoms with van der Waals surface area (Å²) in [6.45, 7) is 3.47. The maximum absolute atomic E-state index is 12.6. The van der Waals surface area contributed by atoms with Gasteiger partial charge in [0.25, 0.3) is 11.6 Å². The standard InChI is InChI=1S/C14H7ClF3NO5.C12H11Cl2NO/c15-10-5-7(14(16,17)18)1-4-12(10)24-8-2-3-11(19(22)23)9(6-8)13(20)21;1-4-12(2,3)15-11(16)8-5-9(13)7-10(14)6-8/h1-6H,(H,20,21);1,5-7H,2-3H3,(H,15,16). The Bertz CT molecular complexity index is 1480. The first kappa shape index (κ1) is 32.2. The number of carbonyl (C=O) groups excluding carboxylic acids is 1. The van der Waals surface area contributed by atoms with Crippen molar-refractivity contribution in [1.82, 2.24) is 5.32 Å². The minimum atomic E-state index is -4.58. The number of ether oxygens (including phenoxy) is 1. The van der Waals surface area contributed by atoms with Crippen LogP contribution in [0, 0.1) is 22.5 Å². The number of halogens is 6. The Labute approximate surface area is 240 Å². The van der Waals surface area contributed by atoms with Crippen LogP contribution in [0.15, 0.2) is 54.6 Å². The number of nitro groups is 1. The molecule has 3 aromatic carbocycles. The number of nitrogens with zero attached hydrogens (tertiary/aromatic N) is 1. The molecule has 0 fully saturated rings. The van der Waals surface area contributed by atoms with Gasteiger partial charge in [0.15, 0.2) is 0 Å². The van der Waals surface area contributed by atoms with Gasteiger partial charge in [-0.2, -0.15) is 13.2 Å². The number of amides is 1. The molecule has 0 aliphatic heterocycles. The van der Waals surface area contributed by atoms with Crippen LogP contribution in [-0.4, -0.2) is 27.4 Å². The lowest BCUT2D eigenvalue weighted by Crippen LogP contribution is -2.42. The van der Waals surface area contributed by atoms with Crippen LogP contribution < -0.4 is 10.1 Å². The lowest BCUT2D eigenvalue weighted by Gasteiger charge is -2.19. The van der Waals surface area contributed by atoms with Crippen molar-refractivity contribution in [3.63, 3.8) is 0 Å². The molecule has 8 nitrogen and oxygen atoms in total. The van der Waals surface area contributed by atoms with E-state index >= 15 is 0 Å². The van der Waals surface area contributed by atoms with Gasteiger partial charge in [0.2, 0.25) is 0 Å². The smallest absolute Gasteiger partial charge is 0.416 e. The van der Waals surface area contributed by atoms with Gasteiger partial charge in [-0.15, -0.1) is 6.42 Å². The molecule has 14 heteroatoms. The second kappa shape index (κ2) is 12.9. The summed E-state index contributed by atoms with van der Waals surface area (Å²) in [5, 5.41) is 22.9. The van der Waals surface area contributed by atoms with E-state index in [1.165, 1.54) is 12.1 Å². The van der Waals surface area contributed by atoms with E-state index in [0.717, 1.165) is 30.3 Å². The number of hydrogen-bond acceptors (Lipinski definition) is 5. The van der Waals surface area contributed by atoms with E-state index in [-0.39, 0.29) is 22.4 Å². The van der Waals surface area contributed by atoms with Crippen molar-refractivity contribution in [1.29, 1.82) is 0 Å². The quantitative estimate of drug-likeness (QED) is 0.165. The first-order valence-electron chi connectivity index (χ1n) is 10.8. The molecule has 210 valence electrons. The summed E-state index contributed by atoms with van der Waals surface area (Å²) in [6, 6.07) is 9.90. The molecule has 0 bridgehead atoms. The third-order valence-electron chi connectivity index (χ3n) is 4.79. The number of hydrogen-bond donors (Lipinski definition) is 2. The first-order chi connectivity index (χ1) is 18.4. The maximum Gasteiger partial charge on any atom is 0.416 e. The van der Waals surface area contributed by atoms with Gasteiger partial charge in [-0.1, -0.05) is 40.7 Å². The van der Waals surface area contributed by atoms with Gasteiger partial charge in [0.1, 0.15) is 17.1 Å². The van der Waals surface area contributed by atoms with Gasteiger partial charge >= 0.3 is 12.1 Å². The number of aromatic carboxylic acids is 1. The Balaban J connectivity index is 0.000000305. The number of nitrogens with one attached hydrogen (secondary N) is 1. The molecule has 40 heavy (non-hydrogen) atoms. The highest BCUT2D eigenvalue weighted by Crippen LogP contribution is 2.37. The summed E-state index contributed by atoms with van der Waals surface area (Å²) in [6.07, 6.45) is 0.698. The second-order valence-corrected chi connectivity index (χ2v) is 9.65. The molecule has 0 aliphatic rings. The van der Waals surface area contributed by atoms with Crippen molar-refractivity contribution in [3.8, 4) is 23.8 Å². The normalized spacial score (nSPS) is 11.0. The molecular formula is C26H18Cl3F3N2O6. The predicted octanol–water partition coefficient (Wildman–Crippen LogP) is 7.89. The highest BCUT2D eigenvalue weighted by atomic mass is 35.5. The number of terminal acetylenes is 1. The number of carbonyl (C=O) groups is 2. The molecule has 2 N–H and O–H groups in total. The molecule has 1 amide bonds. The summed E-state index contributed by atoms with van der Waals surface area (Å²) < 4.78 is 42.9. The van der Waals surface area contributed by atoms with Crippen LogP contribution >= 0.6 is 34.8 Å². The zero-order chi connectivity index (χ0) is 30.4. The van der Waals surface area contributed by atoms with Gasteiger partial charge in [-0.25, -0.2) is 4.79 Å². The molecule has 0 atom stereocenters. The molecule has 3 rings (SSSR count). The van der Waals surface area contributed by atoms with Crippen LogP contribution in [0.5, 0.6) is 11.5 Å². The number of alkyl halides is 3. The van der Waals surface area contributed by atoms with Crippen LogP contribution in [0.4, 0.5) is 18.9 Å². The third kappa shape index (κ3) is 9.05. The summed E-state index contributed by atoms with van der Waals surface area (Å²) in [7, 11) is 0. The van der Waals surface area contributed by atoms with Crippen molar-refractivity contribution >= 4 is 52.4 Å². The number of benzene rings is 3. The Morgan fingerprint density at radius 2 is 1.62 bits per heavy atom. The van der Waals surface area contributed by atoms with Crippen molar-refractivity contribution < 1.29 is 37.5 Å². The zero-order valence-corrected chi connectivity index (χ0v) is 22.7. The number of nitro benzene ring substituents is 1. The highest BCUT2D eigenvalue weighted by molar-refractivity contribution is 6.35. The predicted molar refractivity (Wildman–Crippen MR) is 143 cm³/mol. The summed E-state index contributed by atoms with van der Waals surface area (Å²) in [4.78, 5) is 32.7. The van der Waals surface area contributed by atoms with Gasteiger partial charge in [0, 0.05) is 27.7 Å². The van der Waals surface area contributed by atoms with Gasteiger partial charge < -0.3 is 15.2 Å². The Kier molecular flexibility index (Phi) is 10.4. The molecule has 0 saturated heterocycles. The van der Waals surface area contributed by atoms with E-state index in [1.807, 2.05) is 0 Å². The molecule has 0 aromatic heterocycles. The molecule has 0 heterocycles. The van der Waals surface area contributed by atoms with Gasteiger partial charge in [0.05, 0.1) is 21.0 Å². The van der Waals surface area contributed by atoms with E-state index in [4.69, 9.17) is 51.1 Å². The fourth-order valence-corrected chi connectivity index (χ4v) is 3.62. The van der Waals surface area contributed by atoms with Crippen LogP contribution in [-0.2, 0) is 6.18 Å². The molecule has 3 aromatic rings. The Morgan fingerprint density at radius 1 is 1.02 bits per heavy atom. The average molecular weight is 618 g/mol. The monoisotopic (exact) mass is 616 g/mol. The molecule has 0 unspecified atom stereocenters. The van der Waals surface area contributed by atoms with E-state index in [2.05, 4.69) is 11.2 Å². The number of carboxylic acids is 1. The number of rotatable bonds is 6. The molecule has 0 aliphatic carbocycles. The zero-order valence-electron chi connectivity index (χ0n) is 20.5. The van der Waals surface area contributed by atoms with E-state index < -0.39 is 39.4 Å². The molecule has 0 radical (unpaired) electrons. The fraction of sp³-hybridized carbons (Fsp3) is 0.154.